The lowest BCUT2D eigenvalue weighted by molar-refractivity contribution is 0.0694. The summed E-state index contributed by atoms with van der Waals surface area (Å²) in [5.74, 6) is 0.0423. The fourth-order valence-corrected chi connectivity index (χ4v) is 3.54. The van der Waals surface area contributed by atoms with Gasteiger partial charge in [-0.15, -0.1) is 11.8 Å². The molecular weight excluding hydrogens is 258 g/mol. The predicted molar refractivity (Wildman–Crippen MR) is 78.1 cm³/mol. The molecule has 2 saturated carbocycles. The minimum Gasteiger partial charge on any atom is -0.478 e. The van der Waals surface area contributed by atoms with Gasteiger partial charge >= 0.3 is 5.97 Å². The van der Waals surface area contributed by atoms with Crippen LogP contribution < -0.4 is 5.32 Å². The lowest BCUT2D eigenvalue weighted by Crippen LogP contribution is -2.19. The molecule has 0 aliphatic heterocycles. The number of hydrogen-bond donors (Lipinski definition) is 2. The van der Waals surface area contributed by atoms with Gasteiger partial charge in [-0.25, -0.2) is 4.79 Å². The van der Waals surface area contributed by atoms with Crippen LogP contribution in [0.2, 0.25) is 0 Å². The monoisotopic (exact) mass is 277 g/mol. The molecule has 2 fully saturated rings. The van der Waals surface area contributed by atoms with Crippen LogP contribution in [0.1, 0.15) is 36.0 Å². The molecule has 0 aromatic heterocycles. The largest absolute Gasteiger partial charge is 0.478 e. The number of aromatic carboxylic acids is 1. The number of rotatable bonds is 6. The zero-order valence-electron chi connectivity index (χ0n) is 11.1. The van der Waals surface area contributed by atoms with Crippen LogP contribution in [0.15, 0.2) is 23.1 Å². The SMILES string of the molecule is CSc1cccc(NCC2(C3CC3)CC2)c1C(=O)O. The van der Waals surface area contributed by atoms with Crippen molar-refractivity contribution in [2.75, 3.05) is 18.1 Å². The van der Waals surface area contributed by atoms with Gasteiger partial charge < -0.3 is 10.4 Å². The van der Waals surface area contributed by atoms with E-state index in [1.807, 2.05) is 24.5 Å². The molecule has 0 unspecified atom stereocenters. The van der Waals surface area contributed by atoms with Gasteiger partial charge in [0.05, 0.1) is 5.56 Å². The molecule has 0 radical (unpaired) electrons. The van der Waals surface area contributed by atoms with Crippen LogP contribution in [0.3, 0.4) is 0 Å². The molecule has 3 nitrogen and oxygen atoms in total. The molecule has 0 bridgehead atoms. The van der Waals surface area contributed by atoms with E-state index in [-0.39, 0.29) is 0 Å². The van der Waals surface area contributed by atoms with Gasteiger partial charge in [-0.1, -0.05) is 6.07 Å². The second-order valence-electron chi connectivity index (χ2n) is 5.68. The smallest absolute Gasteiger partial charge is 0.338 e. The van der Waals surface area contributed by atoms with E-state index < -0.39 is 5.97 Å². The highest BCUT2D eigenvalue weighted by Crippen LogP contribution is 2.61. The van der Waals surface area contributed by atoms with Crippen molar-refractivity contribution in [2.45, 2.75) is 30.6 Å². The van der Waals surface area contributed by atoms with Crippen molar-refractivity contribution >= 4 is 23.4 Å². The first-order valence-electron chi connectivity index (χ1n) is 6.80. The maximum atomic E-state index is 11.4. The van der Waals surface area contributed by atoms with E-state index in [2.05, 4.69) is 5.32 Å². The quantitative estimate of drug-likeness (QED) is 0.778. The van der Waals surface area contributed by atoms with Crippen LogP contribution in [0.4, 0.5) is 5.69 Å². The van der Waals surface area contributed by atoms with Crippen LogP contribution in [0.25, 0.3) is 0 Å². The Balaban J connectivity index is 1.78. The third-order valence-corrected chi connectivity index (χ3v) is 5.21. The normalized spacial score (nSPS) is 20.1. The molecule has 2 N–H and O–H groups in total. The number of hydrogen-bond acceptors (Lipinski definition) is 3. The summed E-state index contributed by atoms with van der Waals surface area (Å²) in [5.41, 5.74) is 1.67. The Kier molecular flexibility index (Phi) is 3.21. The number of carboxylic acids is 1. The number of nitrogens with one attached hydrogen (secondary N) is 1. The Morgan fingerprint density at radius 2 is 2.21 bits per heavy atom. The van der Waals surface area contributed by atoms with Crippen LogP contribution in [-0.2, 0) is 0 Å². The Morgan fingerprint density at radius 1 is 1.47 bits per heavy atom. The van der Waals surface area contributed by atoms with Crippen molar-refractivity contribution < 1.29 is 9.90 Å². The summed E-state index contributed by atoms with van der Waals surface area (Å²) >= 11 is 1.48. The van der Waals surface area contributed by atoms with Gasteiger partial charge in [0.25, 0.3) is 0 Å². The van der Waals surface area contributed by atoms with E-state index in [0.29, 0.717) is 11.0 Å². The van der Waals surface area contributed by atoms with E-state index in [1.165, 1.54) is 37.4 Å². The first kappa shape index (κ1) is 12.9. The molecule has 0 saturated heterocycles. The average molecular weight is 277 g/mol. The lowest BCUT2D eigenvalue weighted by Gasteiger charge is -2.18. The van der Waals surface area contributed by atoms with Crippen molar-refractivity contribution in [3.63, 3.8) is 0 Å². The molecular formula is C15H19NO2S. The van der Waals surface area contributed by atoms with Crippen LogP contribution >= 0.6 is 11.8 Å². The summed E-state index contributed by atoms with van der Waals surface area (Å²) in [5, 5.41) is 12.8. The fourth-order valence-electron chi connectivity index (χ4n) is 2.93. The van der Waals surface area contributed by atoms with E-state index in [1.54, 1.807) is 0 Å². The maximum Gasteiger partial charge on any atom is 0.338 e. The van der Waals surface area contributed by atoms with Crippen molar-refractivity contribution in [1.29, 1.82) is 0 Å². The molecule has 0 heterocycles. The van der Waals surface area contributed by atoms with E-state index >= 15 is 0 Å². The van der Waals surface area contributed by atoms with Crippen molar-refractivity contribution in [1.82, 2.24) is 0 Å². The molecule has 0 amide bonds. The molecule has 1 aromatic rings. The van der Waals surface area contributed by atoms with E-state index in [0.717, 1.165) is 23.0 Å². The molecule has 3 rings (SSSR count). The molecule has 102 valence electrons. The number of carboxylic acid groups (broad SMARTS) is 1. The molecule has 0 spiro atoms. The topological polar surface area (TPSA) is 49.3 Å². The molecule has 2 aliphatic carbocycles. The van der Waals surface area contributed by atoms with Crippen LogP contribution in [0, 0.1) is 11.3 Å². The highest BCUT2D eigenvalue weighted by molar-refractivity contribution is 7.98. The van der Waals surface area contributed by atoms with Gasteiger partial charge in [0.1, 0.15) is 0 Å². The highest BCUT2D eigenvalue weighted by atomic mass is 32.2. The standard InChI is InChI=1S/C15H19NO2S/c1-19-12-4-2-3-11(13(12)14(17)18)16-9-15(7-8-15)10-5-6-10/h2-4,10,16H,5-9H2,1H3,(H,17,18). The van der Waals surface area contributed by atoms with E-state index in [9.17, 15) is 9.90 Å². The summed E-state index contributed by atoms with van der Waals surface area (Å²) in [7, 11) is 0. The van der Waals surface area contributed by atoms with Gasteiger partial charge in [0.2, 0.25) is 0 Å². The fraction of sp³-hybridized carbons (Fsp3) is 0.533. The molecule has 2 aliphatic rings. The molecule has 0 atom stereocenters. The summed E-state index contributed by atoms with van der Waals surface area (Å²) < 4.78 is 0. The number of thioether (sulfide) groups is 1. The zero-order valence-corrected chi connectivity index (χ0v) is 11.9. The van der Waals surface area contributed by atoms with Gasteiger partial charge in [-0.2, -0.15) is 0 Å². The number of anilines is 1. The van der Waals surface area contributed by atoms with Gasteiger partial charge in [-0.05, 0) is 55.4 Å². The summed E-state index contributed by atoms with van der Waals surface area (Å²) in [6.45, 7) is 0.926. The Hall–Kier alpha value is -1.16. The number of benzene rings is 1. The summed E-state index contributed by atoms with van der Waals surface area (Å²) in [6.07, 6.45) is 7.24. The third-order valence-electron chi connectivity index (χ3n) is 4.43. The molecule has 19 heavy (non-hydrogen) atoms. The van der Waals surface area contributed by atoms with Gasteiger partial charge in [-0.3, -0.25) is 0 Å². The minimum atomic E-state index is -0.844. The third kappa shape index (κ3) is 2.46. The second-order valence-corrected chi connectivity index (χ2v) is 6.53. The summed E-state index contributed by atoms with van der Waals surface area (Å²) in [4.78, 5) is 12.3. The zero-order chi connectivity index (χ0) is 13.5. The van der Waals surface area contributed by atoms with Crippen LogP contribution in [-0.4, -0.2) is 23.9 Å². The first-order chi connectivity index (χ1) is 9.16. The lowest BCUT2D eigenvalue weighted by atomic mass is 10.0. The van der Waals surface area contributed by atoms with E-state index in [4.69, 9.17) is 0 Å². The summed E-state index contributed by atoms with van der Waals surface area (Å²) in [6, 6.07) is 5.68. The van der Waals surface area contributed by atoms with Crippen molar-refractivity contribution in [3.05, 3.63) is 23.8 Å². The van der Waals surface area contributed by atoms with Crippen LogP contribution in [0.5, 0.6) is 0 Å². The average Bonchev–Trinajstić information content (AvgIpc) is 3.27. The second kappa shape index (κ2) is 4.75. The van der Waals surface area contributed by atoms with Crippen molar-refractivity contribution in [2.24, 2.45) is 11.3 Å². The minimum absolute atomic E-state index is 0.418. The predicted octanol–water partition coefficient (Wildman–Crippen LogP) is 3.71. The highest BCUT2D eigenvalue weighted by Gasteiger charge is 2.53. The Bertz CT molecular complexity index is 507. The Labute approximate surface area is 117 Å². The van der Waals surface area contributed by atoms with Gasteiger partial charge in [0, 0.05) is 17.1 Å². The molecule has 1 aromatic carbocycles. The van der Waals surface area contributed by atoms with Crippen molar-refractivity contribution in [3.8, 4) is 0 Å². The maximum absolute atomic E-state index is 11.4. The Morgan fingerprint density at radius 3 is 2.74 bits per heavy atom. The first-order valence-corrected chi connectivity index (χ1v) is 8.03. The van der Waals surface area contributed by atoms with Gasteiger partial charge in [0.15, 0.2) is 0 Å². The molecule has 4 heteroatoms. The number of carbonyl (C=O) groups is 1.